The maximum Gasteiger partial charge on any atom is 0.261 e. The van der Waals surface area contributed by atoms with Crippen molar-refractivity contribution in [1.29, 1.82) is 0 Å². The number of benzene rings is 1. The van der Waals surface area contributed by atoms with Crippen molar-refractivity contribution in [2.24, 2.45) is 0 Å². The minimum atomic E-state index is -0.153. The lowest BCUT2D eigenvalue weighted by Gasteiger charge is -2.36. The zero-order valence-corrected chi connectivity index (χ0v) is 13.1. The van der Waals surface area contributed by atoms with E-state index in [1.807, 2.05) is 0 Å². The van der Waals surface area contributed by atoms with E-state index in [0.717, 1.165) is 38.5 Å². The lowest BCUT2D eigenvalue weighted by molar-refractivity contribution is 0.0526. The van der Waals surface area contributed by atoms with Gasteiger partial charge in [0.1, 0.15) is 0 Å². The number of imide groups is 1. The zero-order valence-electron chi connectivity index (χ0n) is 13.1. The Morgan fingerprint density at radius 3 is 2.35 bits per heavy atom. The quantitative estimate of drug-likeness (QED) is 0.830. The van der Waals surface area contributed by atoms with Crippen LogP contribution in [0.4, 0.5) is 0 Å². The molecule has 5 heteroatoms. The van der Waals surface area contributed by atoms with Crippen molar-refractivity contribution < 1.29 is 14.7 Å². The number of hydrogen-bond donors (Lipinski definition) is 2. The second-order valence-electron chi connectivity index (χ2n) is 7.13. The van der Waals surface area contributed by atoms with E-state index in [0.29, 0.717) is 11.1 Å². The van der Waals surface area contributed by atoms with Gasteiger partial charge in [0.2, 0.25) is 0 Å². The molecule has 0 radical (unpaired) electrons. The molecule has 0 saturated heterocycles. The van der Waals surface area contributed by atoms with Gasteiger partial charge in [-0.05, 0) is 50.7 Å². The van der Waals surface area contributed by atoms with E-state index in [1.54, 1.807) is 24.3 Å². The molecule has 1 aromatic carbocycles. The molecule has 2 saturated carbocycles. The number of amides is 2. The van der Waals surface area contributed by atoms with Crippen molar-refractivity contribution in [1.82, 2.24) is 10.2 Å². The Balaban J connectivity index is 1.50. The lowest BCUT2D eigenvalue weighted by Crippen LogP contribution is -2.50. The monoisotopic (exact) mass is 314 g/mol. The number of fused-ring (bicyclic) bond motifs is 1. The normalized spacial score (nSPS) is 28.8. The van der Waals surface area contributed by atoms with E-state index in [4.69, 9.17) is 0 Å². The van der Waals surface area contributed by atoms with Crippen LogP contribution in [-0.4, -0.2) is 46.1 Å². The Labute approximate surface area is 135 Å². The van der Waals surface area contributed by atoms with Crippen LogP contribution in [0.5, 0.6) is 0 Å². The topological polar surface area (TPSA) is 69.6 Å². The maximum absolute atomic E-state index is 12.6. The van der Waals surface area contributed by atoms with Crippen LogP contribution < -0.4 is 5.32 Å². The first kappa shape index (κ1) is 14.8. The van der Waals surface area contributed by atoms with Gasteiger partial charge in [0.15, 0.2) is 0 Å². The third-order valence-corrected chi connectivity index (χ3v) is 5.50. The molecule has 2 N–H and O–H groups in total. The minimum absolute atomic E-state index is 0.0388. The summed E-state index contributed by atoms with van der Waals surface area (Å²) in [5.41, 5.74) is 0.956. The highest BCUT2D eigenvalue weighted by molar-refractivity contribution is 6.21. The molecule has 1 heterocycles. The van der Waals surface area contributed by atoms with Crippen molar-refractivity contribution in [3.63, 3.8) is 0 Å². The van der Waals surface area contributed by atoms with Crippen molar-refractivity contribution in [2.75, 3.05) is 6.61 Å². The van der Waals surface area contributed by atoms with E-state index in [9.17, 15) is 14.7 Å². The van der Waals surface area contributed by atoms with Crippen LogP contribution in [0.15, 0.2) is 24.3 Å². The fourth-order valence-corrected chi connectivity index (χ4v) is 4.00. The highest BCUT2D eigenvalue weighted by Crippen LogP contribution is 2.38. The standard InChI is InChI=1S/C18H22N2O3/c21-11-18(8-9-18)19-12-4-3-5-13(10-12)20-16(22)14-6-1-2-7-15(14)17(20)23/h1-2,6-7,12-13,19,21H,3-5,8-11H2/t12-,13+/m1/s1. The molecule has 5 nitrogen and oxygen atoms in total. The second kappa shape index (κ2) is 5.42. The fourth-order valence-electron chi connectivity index (χ4n) is 4.00. The van der Waals surface area contributed by atoms with Gasteiger partial charge in [-0.25, -0.2) is 0 Å². The molecule has 2 aliphatic carbocycles. The Bertz CT molecular complexity index is 618. The van der Waals surface area contributed by atoms with E-state index in [-0.39, 0.29) is 36.0 Å². The van der Waals surface area contributed by atoms with Gasteiger partial charge in [0.25, 0.3) is 11.8 Å². The molecule has 122 valence electrons. The number of rotatable bonds is 4. The van der Waals surface area contributed by atoms with Crippen molar-refractivity contribution in [2.45, 2.75) is 56.1 Å². The van der Waals surface area contributed by atoms with E-state index < -0.39 is 0 Å². The average molecular weight is 314 g/mol. The summed E-state index contributed by atoms with van der Waals surface area (Å²) < 4.78 is 0. The molecule has 2 amide bonds. The first-order valence-corrected chi connectivity index (χ1v) is 8.49. The van der Waals surface area contributed by atoms with Crippen LogP contribution in [0.25, 0.3) is 0 Å². The van der Waals surface area contributed by atoms with Crippen molar-refractivity contribution in [3.8, 4) is 0 Å². The van der Waals surface area contributed by atoms with Gasteiger partial charge in [-0.3, -0.25) is 14.5 Å². The van der Waals surface area contributed by atoms with Crippen molar-refractivity contribution >= 4 is 11.8 Å². The highest BCUT2D eigenvalue weighted by Gasteiger charge is 2.46. The second-order valence-corrected chi connectivity index (χ2v) is 7.13. The summed E-state index contributed by atoms with van der Waals surface area (Å²) >= 11 is 0. The summed E-state index contributed by atoms with van der Waals surface area (Å²) in [4.78, 5) is 26.7. The summed E-state index contributed by atoms with van der Waals surface area (Å²) in [5.74, 6) is -0.306. The predicted molar refractivity (Wildman–Crippen MR) is 85.2 cm³/mol. The van der Waals surface area contributed by atoms with Gasteiger partial charge in [0.05, 0.1) is 17.7 Å². The molecular weight excluding hydrogens is 292 g/mol. The Morgan fingerprint density at radius 1 is 1.13 bits per heavy atom. The largest absolute Gasteiger partial charge is 0.394 e. The highest BCUT2D eigenvalue weighted by atomic mass is 16.3. The Kier molecular flexibility index (Phi) is 3.50. The minimum Gasteiger partial charge on any atom is -0.394 e. The molecule has 1 aliphatic heterocycles. The fraction of sp³-hybridized carbons (Fsp3) is 0.556. The van der Waals surface area contributed by atoms with Gasteiger partial charge in [0, 0.05) is 17.6 Å². The van der Waals surface area contributed by atoms with Crippen LogP contribution >= 0.6 is 0 Å². The summed E-state index contributed by atoms with van der Waals surface area (Å²) in [7, 11) is 0. The molecular formula is C18H22N2O3. The van der Waals surface area contributed by atoms with Gasteiger partial charge in [-0.1, -0.05) is 12.1 Å². The van der Waals surface area contributed by atoms with E-state index in [2.05, 4.69) is 5.32 Å². The molecule has 0 unspecified atom stereocenters. The van der Waals surface area contributed by atoms with E-state index >= 15 is 0 Å². The Morgan fingerprint density at radius 2 is 1.78 bits per heavy atom. The summed E-state index contributed by atoms with van der Waals surface area (Å²) in [5, 5.41) is 13.0. The first-order chi connectivity index (χ1) is 11.1. The smallest absolute Gasteiger partial charge is 0.261 e. The summed E-state index contributed by atoms with van der Waals surface area (Å²) in [6.45, 7) is 0.168. The number of carbonyl (C=O) groups is 2. The predicted octanol–water partition coefficient (Wildman–Crippen LogP) is 1.71. The number of aliphatic hydroxyl groups excluding tert-OH is 1. The average Bonchev–Trinajstić information content (AvgIpc) is 3.30. The van der Waals surface area contributed by atoms with E-state index in [1.165, 1.54) is 4.90 Å². The van der Waals surface area contributed by atoms with Crippen molar-refractivity contribution in [3.05, 3.63) is 35.4 Å². The third-order valence-electron chi connectivity index (χ3n) is 5.50. The molecule has 0 bridgehead atoms. The summed E-state index contributed by atoms with van der Waals surface area (Å²) in [6, 6.07) is 7.31. The number of nitrogens with zero attached hydrogens (tertiary/aromatic N) is 1. The molecule has 3 aliphatic rings. The Hall–Kier alpha value is -1.72. The summed E-state index contributed by atoms with van der Waals surface area (Å²) in [6.07, 6.45) is 5.72. The number of aliphatic hydroxyl groups is 1. The molecule has 2 fully saturated rings. The number of carbonyl (C=O) groups excluding carboxylic acids is 2. The molecule has 2 atom stereocenters. The molecule has 1 aromatic rings. The third kappa shape index (κ3) is 2.48. The molecule has 4 rings (SSSR count). The molecule has 0 aromatic heterocycles. The van der Waals surface area contributed by atoms with Crippen LogP contribution in [0.2, 0.25) is 0 Å². The van der Waals surface area contributed by atoms with Gasteiger partial charge >= 0.3 is 0 Å². The van der Waals surface area contributed by atoms with Gasteiger partial charge < -0.3 is 10.4 Å². The van der Waals surface area contributed by atoms with Crippen LogP contribution in [0.1, 0.15) is 59.2 Å². The number of nitrogens with one attached hydrogen (secondary N) is 1. The lowest BCUT2D eigenvalue weighted by atomic mass is 9.89. The number of hydrogen-bond acceptors (Lipinski definition) is 4. The van der Waals surface area contributed by atoms with Crippen LogP contribution in [0.3, 0.4) is 0 Å². The van der Waals surface area contributed by atoms with Gasteiger partial charge in [-0.15, -0.1) is 0 Å². The SMILES string of the molecule is O=C1c2ccccc2C(=O)N1[C@H]1CCC[C@@H](NC2(CO)CC2)C1. The maximum atomic E-state index is 12.6. The first-order valence-electron chi connectivity index (χ1n) is 8.49. The van der Waals surface area contributed by atoms with Crippen LogP contribution in [-0.2, 0) is 0 Å². The zero-order chi connectivity index (χ0) is 16.0. The molecule has 0 spiro atoms. The van der Waals surface area contributed by atoms with Gasteiger partial charge in [-0.2, -0.15) is 0 Å². The molecule has 23 heavy (non-hydrogen) atoms. The van der Waals surface area contributed by atoms with Crippen LogP contribution in [0, 0.1) is 0 Å².